The van der Waals surface area contributed by atoms with Crippen molar-refractivity contribution in [3.8, 4) is 0 Å². The highest BCUT2D eigenvalue weighted by molar-refractivity contribution is 5.88. The molecule has 0 heterocycles. The Labute approximate surface area is 73.0 Å². The molecule has 70 valence electrons. The minimum Gasteiger partial charge on any atom is -0.296 e. The summed E-state index contributed by atoms with van der Waals surface area (Å²) in [6, 6.07) is 0. The lowest BCUT2D eigenvalue weighted by Gasteiger charge is -2.03. The summed E-state index contributed by atoms with van der Waals surface area (Å²) in [6.07, 6.45) is 3.04. The van der Waals surface area contributed by atoms with Crippen LogP contribution in [-0.2, 0) is 9.68 Å². The average molecular weight is 172 g/mol. The molecule has 0 rings (SSSR count). The van der Waals surface area contributed by atoms with Gasteiger partial charge < -0.3 is 0 Å². The molecular weight excluding hydrogens is 156 g/mol. The Morgan fingerprint density at radius 1 is 1.42 bits per heavy atom. The molecule has 0 bridgehead atoms. The zero-order chi connectivity index (χ0) is 9.56. The van der Waals surface area contributed by atoms with Crippen molar-refractivity contribution in [1.29, 1.82) is 0 Å². The molecule has 12 heavy (non-hydrogen) atoms. The first-order valence-corrected chi connectivity index (χ1v) is 4.15. The first kappa shape index (κ1) is 11.2. The monoisotopic (exact) mass is 172 g/mol. The highest BCUT2D eigenvalue weighted by atomic mass is 17.1. The first-order valence-electron chi connectivity index (χ1n) is 4.15. The average Bonchev–Trinajstić information content (AvgIpc) is 2.11. The second-order valence-electron chi connectivity index (χ2n) is 2.89. The summed E-state index contributed by atoms with van der Waals surface area (Å²) in [5.74, 6) is -0.649. The van der Waals surface area contributed by atoms with E-state index in [1.807, 2.05) is 6.92 Å². The third kappa shape index (κ3) is 3.53. The van der Waals surface area contributed by atoms with Crippen LogP contribution in [0.2, 0.25) is 0 Å². The molecule has 0 atom stereocenters. The Bertz CT molecular complexity index is 182. The molecule has 0 amide bonds. The molecular formula is C9H16O3. The van der Waals surface area contributed by atoms with Crippen LogP contribution < -0.4 is 0 Å². The van der Waals surface area contributed by atoms with E-state index in [-0.39, 0.29) is 0 Å². The fourth-order valence-electron chi connectivity index (χ4n) is 0.872. The number of allylic oxidation sites excluding steroid dienone is 1. The van der Waals surface area contributed by atoms with Gasteiger partial charge in [0.15, 0.2) is 0 Å². The number of hydrogen-bond acceptors (Lipinski definition) is 3. The lowest BCUT2D eigenvalue weighted by atomic mass is 10.1. The summed E-state index contributed by atoms with van der Waals surface area (Å²) >= 11 is 0. The van der Waals surface area contributed by atoms with Crippen molar-refractivity contribution in [2.24, 2.45) is 0 Å². The number of hydrogen-bond donors (Lipinski definition) is 1. The van der Waals surface area contributed by atoms with Crippen molar-refractivity contribution < 1.29 is 14.9 Å². The highest BCUT2D eigenvalue weighted by Crippen LogP contribution is 2.12. The van der Waals surface area contributed by atoms with Gasteiger partial charge in [-0.2, -0.15) is 5.26 Å². The Balaban J connectivity index is 4.15. The van der Waals surface area contributed by atoms with Crippen LogP contribution in [0.4, 0.5) is 0 Å². The van der Waals surface area contributed by atoms with Gasteiger partial charge >= 0.3 is 5.97 Å². The topological polar surface area (TPSA) is 46.5 Å². The molecule has 3 nitrogen and oxygen atoms in total. The SMILES string of the molecule is CCCCC(C)=C(C)C(=O)OO. The Kier molecular flexibility index (Phi) is 5.37. The van der Waals surface area contributed by atoms with Gasteiger partial charge in [-0.05, 0) is 26.7 Å². The minimum absolute atomic E-state index is 0.506. The van der Waals surface area contributed by atoms with Crippen molar-refractivity contribution in [3.05, 3.63) is 11.1 Å². The number of carbonyl (C=O) groups excluding carboxylic acids is 1. The molecule has 0 aliphatic carbocycles. The third-order valence-electron chi connectivity index (χ3n) is 1.93. The zero-order valence-corrected chi connectivity index (χ0v) is 7.89. The van der Waals surface area contributed by atoms with Crippen molar-refractivity contribution >= 4 is 5.97 Å². The maximum atomic E-state index is 10.8. The van der Waals surface area contributed by atoms with Crippen molar-refractivity contribution in [3.63, 3.8) is 0 Å². The quantitative estimate of drug-likeness (QED) is 0.402. The van der Waals surface area contributed by atoms with Crippen molar-refractivity contribution in [2.45, 2.75) is 40.0 Å². The van der Waals surface area contributed by atoms with E-state index in [1.54, 1.807) is 6.92 Å². The second-order valence-corrected chi connectivity index (χ2v) is 2.89. The molecule has 0 aromatic heterocycles. The van der Waals surface area contributed by atoms with Crippen LogP contribution >= 0.6 is 0 Å². The van der Waals surface area contributed by atoms with Crippen LogP contribution in [0, 0.1) is 0 Å². The molecule has 0 aliphatic rings. The number of unbranched alkanes of at least 4 members (excludes halogenated alkanes) is 1. The Morgan fingerprint density at radius 2 is 2.00 bits per heavy atom. The predicted molar refractivity (Wildman–Crippen MR) is 46.6 cm³/mol. The molecule has 0 radical (unpaired) electrons. The van der Waals surface area contributed by atoms with E-state index in [1.165, 1.54) is 0 Å². The molecule has 0 fully saturated rings. The summed E-state index contributed by atoms with van der Waals surface area (Å²) in [5.41, 5.74) is 1.49. The molecule has 3 heteroatoms. The Hall–Kier alpha value is -0.830. The zero-order valence-electron chi connectivity index (χ0n) is 7.89. The van der Waals surface area contributed by atoms with Gasteiger partial charge in [0.25, 0.3) is 0 Å². The van der Waals surface area contributed by atoms with Gasteiger partial charge in [-0.25, -0.2) is 4.79 Å². The van der Waals surface area contributed by atoms with E-state index in [0.717, 1.165) is 24.8 Å². The lowest BCUT2D eigenvalue weighted by Crippen LogP contribution is -2.04. The standard InChI is InChI=1S/C9H16O3/c1-4-5-6-7(2)8(3)9(10)12-11/h11H,4-6H2,1-3H3. The van der Waals surface area contributed by atoms with Crippen LogP contribution in [0.3, 0.4) is 0 Å². The van der Waals surface area contributed by atoms with Crippen LogP contribution in [0.15, 0.2) is 11.1 Å². The van der Waals surface area contributed by atoms with Crippen LogP contribution in [-0.4, -0.2) is 11.2 Å². The van der Waals surface area contributed by atoms with E-state index >= 15 is 0 Å². The molecule has 1 N–H and O–H groups in total. The smallest absolute Gasteiger partial charge is 0.296 e. The fraction of sp³-hybridized carbons (Fsp3) is 0.667. The largest absolute Gasteiger partial charge is 0.368 e. The number of rotatable bonds is 4. The molecule has 0 aliphatic heterocycles. The summed E-state index contributed by atoms with van der Waals surface area (Å²) in [4.78, 5) is 14.4. The van der Waals surface area contributed by atoms with E-state index < -0.39 is 5.97 Å². The first-order chi connectivity index (χ1) is 5.63. The maximum absolute atomic E-state index is 10.8. The molecule has 0 saturated carbocycles. The molecule has 0 saturated heterocycles. The van der Waals surface area contributed by atoms with E-state index in [0.29, 0.717) is 5.57 Å². The molecule has 0 aromatic rings. The molecule has 0 spiro atoms. The summed E-state index contributed by atoms with van der Waals surface area (Å²) in [7, 11) is 0. The van der Waals surface area contributed by atoms with Gasteiger partial charge in [0.05, 0.1) is 0 Å². The van der Waals surface area contributed by atoms with Gasteiger partial charge in [-0.1, -0.05) is 18.9 Å². The van der Waals surface area contributed by atoms with Gasteiger partial charge in [-0.15, -0.1) is 0 Å². The van der Waals surface area contributed by atoms with Crippen LogP contribution in [0.5, 0.6) is 0 Å². The normalized spacial score (nSPS) is 12.3. The van der Waals surface area contributed by atoms with Gasteiger partial charge in [0.1, 0.15) is 0 Å². The van der Waals surface area contributed by atoms with E-state index in [4.69, 9.17) is 5.26 Å². The minimum atomic E-state index is -0.649. The summed E-state index contributed by atoms with van der Waals surface area (Å²) in [6.45, 7) is 5.62. The lowest BCUT2D eigenvalue weighted by molar-refractivity contribution is -0.229. The van der Waals surface area contributed by atoms with Gasteiger partial charge in [0.2, 0.25) is 0 Å². The molecule has 0 aromatic carbocycles. The van der Waals surface area contributed by atoms with Gasteiger partial charge in [0, 0.05) is 5.57 Å². The predicted octanol–water partition coefficient (Wildman–Crippen LogP) is 2.53. The fourth-order valence-corrected chi connectivity index (χ4v) is 0.872. The Morgan fingerprint density at radius 3 is 2.42 bits per heavy atom. The summed E-state index contributed by atoms with van der Waals surface area (Å²) < 4.78 is 0. The van der Waals surface area contributed by atoms with Crippen LogP contribution in [0.25, 0.3) is 0 Å². The van der Waals surface area contributed by atoms with Crippen molar-refractivity contribution in [1.82, 2.24) is 0 Å². The number of carbonyl (C=O) groups is 1. The second kappa shape index (κ2) is 5.77. The maximum Gasteiger partial charge on any atom is 0.368 e. The van der Waals surface area contributed by atoms with Gasteiger partial charge in [-0.3, -0.25) is 4.89 Å². The molecule has 0 unspecified atom stereocenters. The van der Waals surface area contributed by atoms with E-state index in [9.17, 15) is 4.79 Å². The van der Waals surface area contributed by atoms with E-state index in [2.05, 4.69) is 11.8 Å². The van der Waals surface area contributed by atoms with Crippen molar-refractivity contribution in [2.75, 3.05) is 0 Å². The summed E-state index contributed by atoms with van der Waals surface area (Å²) in [5, 5.41) is 8.10. The third-order valence-corrected chi connectivity index (χ3v) is 1.93. The van der Waals surface area contributed by atoms with Crippen LogP contribution in [0.1, 0.15) is 40.0 Å². The highest BCUT2D eigenvalue weighted by Gasteiger charge is 2.07.